The predicted molar refractivity (Wildman–Crippen MR) is 102 cm³/mol. The fourth-order valence-electron chi connectivity index (χ4n) is 4.04. The third-order valence-electron chi connectivity index (χ3n) is 5.42. The molecule has 1 saturated heterocycles. The summed E-state index contributed by atoms with van der Waals surface area (Å²) in [4.78, 5) is 18.8. The van der Waals surface area contributed by atoms with E-state index in [0.29, 0.717) is 35.6 Å². The third kappa shape index (κ3) is 5.02. The molecule has 2 aliphatic rings. The van der Waals surface area contributed by atoms with Crippen LogP contribution in [0.1, 0.15) is 16.1 Å². The van der Waals surface area contributed by atoms with Crippen LogP contribution in [-0.4, -0.2) is 46.4 Å². The molecule has 0 radical (unpaired) electrons. The van der Waals surface area contributed by atoms with Crippen LogP contribution >= 0.6 is 12.4 Å². The lowest BCUT2D eigenvalue weighted by Crippen LogP contribution is -2.34. The van der Waals surface area contributed by atoms with Gasteiger partial charge in [-0.05, 0) is 48.5 Å². The number of aromatic nitrogens is 2. The van der Waals surface area contributed by atoms with Gasteiger partial charge in [0, 0.05) is 26.3 Å². The number of nitrogens with one attached hydrogen (secondary N) is 1. The van der Waals surface area contributed by atoms with E-state index in [1.165, 1.54) is 18.2 Å². The Morgan fingerprint density at radius 2 is 2.07 bits per heavy atom. The highest BCUT2D eigenvalue weighted by atomic mass is 35.5. The molecule has 1 aromatic carbocycles. The number of halogens is 4. The molecule has 4 rings (SSSR count). The Balaban J connectivity index is 0.00000240. The van der Waals surface area contributed by atoms with Gasteiger partial charge in [-0.15, -0.1) is 25.6 Å². The Labute approximate surface area is 172 Å². The predicted octanol–water partition coefficient (Wildman–Crippen LogP) is 2.85. The van der Waals surface area contributed by atoms with Crippen LogP contribution in [0.2, 0.25) is 0 Å². The molecule has 2 atom stereocenters. The zero-order chi connectivity index (χ0) is 19.9. The van der Waals surface area contributed by atoms with Crippen LogP contribution in [0.25, 0.3) is 0 Å². The molecule has 6 nitrogen and oxygen atoms in total. The number of amides is 1. The number of aryl methyl sites for hydroxylation is 1. The van der Waals surface area contributed by atoms with E-state index in [1.807, 2.05) is 0 Å². The van der Waals surface area contributed by atoms with E-state index in [9.17, 15) is 18.0 Å². The molecule has 2 fully saturated rings. The van der Waals surface area contributed by atoms with Crippen molar-refractivity contribution < 1.29 is 22.7 Å². The van der Waals surface area contributed by atoms with Crippen molar-refractivity contribution in [3.8, 4) is 5.75 Å². The monoisotopic (exact) mass is 430 g/mol. The average molecular weight is 431 g/mol. The maximum Gasteiger partial charge on any atom is 0.573 e. The fraction of sp³-hybridized carbons (Fsp3) is 0.474. The Kier molecular flexibility index (Phi) is 6.09. The number of nitrogens with zero attached hydrogens (tertiary/aromatic N) is 3. The summed E-state index contributed by atoms with van der Waals surface area (Å²) in [6.45, 7) is 2.68. The van der Waals surface area contributed by atoms with Crippen molar-refractivity contribution in [2.45, 2.75) is 12.9 Å². The first kappa shape index (κ1) is 21.4. The van der Waals surface area contributed by atoms with Crippen molar-refractivity contribution in [1.82, 2.24) is 19.8 Å². The second-order valence-corrected chi connectivity index (χ2v) is 7.46. The summed E-state index contributed by atoms with van der Waals surface area (Å²) in [6.07, 6.45) is -1.55. The highest BCUT2D eigenvalue weighted by molar-refractivity contribution is 5.92. The SMILES string of the molecule is Cl.Cn1cnc(C(=O)N(Cc2cccc(OC(F)(F)F)c2)CC2C3CNCC32)c1. The van der Waals surface area contributed by atoms with E-state index < -0.39 is 6.36 Å². The molecule has 1 aliphatic carbocycles. The van der Waals surface area contributed by atoms with Crippen LogP contribution in [-0.2, 0) is 13.6 Å². The molecule has 1 N–H and O–H groups in total. The number of carbonyl (C=O) groups is 1. The summed E-state index contributed by atoms with van der Waals surface area (Å²) in [5, 5.41) is 3.33. The minimum atomic E-state index is -4.75. The van der Waals surface area contributed by atoms with Gasteiger partial charge in [0.05, 0.1) is 6.33 Å². The van der Waals surface area contributed by atoms with Crippen LogP contribution in [0.15, 0.2) is 36.8 Å². The van der Waals surface area contributed by atoms with Crippen molar-refractivity contribution >= 4 is 18.3 Å². The molecular weight excluding hydrogens is 409 g/mol. The molecule has 158 valence electrons. The van der Waals surface area contributed by atoms with Crippen molar-refractivity contribution in [2.24, 2.45) is 24.8 Å². The number of piperidine rings is 1. The number of hydrogen-bond acceptors (Lipinski definition) is 4. The number of carbonyl (C=O) groups excluding carboxylic acids is 1. The first-order chi connectivity index (χ1) is 13.3. The second-order valence-electron chi connectivity index (χ2n) is 7.46. The summed E-state index contributed by atoms with van der Waals surface area (Å²) < 4.78 is 43.2. The van der Waals surface area contributed by atoms with E-state index in [1.54, 1.807) is 35.1 Å². The molecule has 0 spiro atoms. The molecule has 0 bridgehead atoms. The van der Waals surface area contributed by atoms with Crippen LogP contribution in [0.4, 0.5) is 13.2 Å². The van der Waals surface area contributed by atoms with Crippen molar-refractivity contribution in [1.29, 1.82) is 0 Å². The number of fused-ring (bicyclic) bond motifs is 1. The standard InChI is InChI=1S/C19H21F3N4O2.ClH/c1-25-10-17(24-11-25)18(27)26(9-16-14-6-23-7-15(14)16)8-12-3-2-4-13(5-12)28-19(20,21)22;/h2-5,10-11,14-16,23H,6-9H2,1H3;1H. The van der Waals surface area contributed by atoms with Gasteiger partial charge in [-0.2, -0.15) is 0 Å². The highest BCUT2D eigenvalue weighted by Crippen LogP contribution is 2.49. The number of hydrogen-bond donors (Lipinski definition) is 1. The van der Waals surface area contributed by atoms with Crippen LogP contribution in [0.3, 0.4) is 0 Å². The number of benzene rings is 1. The van der Waals surface area contributed by atoms with Gasteiger partial charge in [-0.25, -0.2) is 4.98 Å². The van der Waals surface area contributed by atoms with Crippen molar-refractivity contribution in [3.05, 3.63) is 48.0 Å². The zero-order valence-electron chi connectivity index (χ0n) is 15.7. The molecule has 29 heavy (non-hydrogen) atoms. The fourth-order valence-corrected chi connectivity index (χ4v) is 4.04. The average Bonchev–Trinajstić information content (AvgIpc) is 2.99. The van der Waals surface area contributed by atoms with Crippen LogP contribution < -0.4 is 10.1 Å². The molecule has 1 aromatic heterocycles. The topological polar surface area (TPSA) is 59.4 Å². The molecule has 2 unspecified atom stereocenters. The van der Waals surface area contributed by atoms with Gasteiger partial charge in [0.25, 0.3) is 5.91 Å². The van der Waals surface area contributed by atoms with Gasteiger partial charge in [-0.1, -0.05) is 12.1 Å². The first-order valence-corrected chi connectivity index (χ1v) is 9.13. The lowest BCUT2D eigenvalue weighted by atomic mass is 10.1. The summed E-state index contributed by atoms with van der Waals surface area (Å²) in [7, 11) is 1.78. The number of alkyl halides is 3. The Morgan fingerprint density at radius 1 is 1.34 bits per heavy atom. The largest absolute Gasteiger partial charge is 0.573 e. The molecule has 1 amide bonds. The lowest BCUT2D eigenvalue weighted by molar-refractivity contribution is -0.274. The van der Waals surface area contributed by atoms with Gasteiger partial charge in [0.15, 0.2) is 0 Å². The smallest absolute Gasteiger partial charge is 0.406 e. The first-order valence-electron chi connectivity index (χ1n) is 9.13. The molecule has 1 aliphatic heterocycles. The van der Waals surface area contributed by atoms with E-state index in [2.05, 4.69) is 15.0 Å². The van der Waals surface area contributed by atoms with Gasteiger partial charge >= 0.3 is 6.36 Å². The summed E-state index contributed by atoms with van der Waals surface area (Å²) in [5.74, 6) is 1.05. The van der Waals surface area contributed by atoms with Crippen molar-refractivity contribution in [2.75, 3.05) is 19.6 Å². The lowest BCUT2D eigenvalue weighted by Gasteiger charge is -2.23. The number of ether oxygens (including phenoxy) is 1. The normalized spacial score (nSPS) is 22.6. The number of rotatable bonds is 6. The van der Waals surface area contributed by atoms with Gasteiger partial charge in [0.2, 0.25) is 0 Å². The van der Waals surface area contributed by atoms with E-state index >= 15 is 0 Å². The maximum atomic E-state index is 13.0. The van der Waals surface area contributed by atoms with Crippen LogP contribution in [0.5, 0.6) is 5.75 Å². The maximum absolute atomic E-state index is 13.0. The third-order valence-corrected chi connectivity index (χ3v) is 5.42. The van der Waals surface area contributed by atoms with E-state index in [0.717, 1.165) is 13.1 Å². The van der Waals surface area contributed by atoms with E-state index in [4.69, 9.17) is 0 Å². The van der Waals surface area contributed by atoms with Crippen LogP contribution in [0, 0.1) is 17.8 Å². The number of imidazole rings is 1. The minimum absolute atomic E-state index is 0. The molecule has 1 saturated carbocycles. The van der Waals surface area contributed by atoms with Gasteiger partial charge in [-0.3, -0.25) is 4.79 Å². The minimum Gasteiger partial charge on any atom is -0.406 e. The van der Waals surface area contributed by atoms with Gasteiger partial charge < -0.3 is 19.5 Å². The molecule has 10 heteroatoms. The molecule has 2 heterocycles. The van der Waals surface area contributed by atoms with E-state index in [-0.39, 0.29) is 30.6 Å². The Morgan fingerprint density at radius 3 is 2.69 bits per heavy atom. The Hall–Kier alpha value is -2.26. The quantitative estimate of drug-likeness (QED) is 0.765. The second kappa shape index (κ2) is 8.23. The summed E-state index contributed by atoms with van der Waals surface area (Å²) in [6, 6.07) is 5.76. The highest BCUT2D eigenvalue weighted by Gasteiger charge is 2.53. The zero-order valence-corrected chi connectivity index (χ0v) is 16.5. The summed E-state index contributed by atoms with van der Waals surface area (Å²) in [5.41, 5.74) is 0.907. The molecular formula is C19H22ClF3N4O2. The Bertz CT molecular complexity index is 863. The molecule has 2 aromatic rings. The summed E-state index contributed by atoms with van der Waals surface area (Å²) >= 11 is 0. The van der Waals surface area contributed by atoms with Crippen molar-refractivity contribution in [3.63, 3.8) is 0 Å². The van der Waals surface area contributed by atoms with Gasteiger partial charge in [0.1, 0.15) is 11.4 Å².